The molecule has 0 radical (unpaired) electrons. The van der Waals surface area contributed by atoms with Gasteiger partial charge in [-0.1, -0.05) is 17.0 Å². The molecular weight excluding hydrogens is 194 g/mol. The summed E-state index contributed by atoms with van der Waals surface area (Å²) in [7, 11) is -2.82. The first-order valence-corrected chi connectivity index (χ1v) is 3.60. The second-order valence-corrected chi connectivity index (χ2v) is 2.19. The van der Waals surface area contributed by atoms with Gasteiger partial charge in [0.1, 0.15) is 0 Å². The van der Waals surface area contributed by atoms with E-state index in [-0.39, 0.29) is 0 Å². The molecule has 62 valence electrons. The Hall–Kier alpha value is -1.09. The van der Waals surface area contributed by atoms with Crippen LogP contribution in [-0.2, 0) is 10.5 Å². The van der Waals surface area contributed by atoms with Crippen molar-refractivity contribution >= 4 is 34.4 Å². The van der Waals surface area contributed by atoms with Crippen molar-refractivity contribution in [1.82, 2.24) is 10.9 Å². The van der Waals surface area contributed by atoms with Crippen LogP contribution in [0.3, 0.4) is 0 Å². The molecule has 0 spiro atoms. The fraction of sp³-hybridized carbons (Fsp3) is 0. The smallest absolute Gasteiger partial charge is 0.260 e. The zero-order valence-corrected chi connectivity index (χ0v) is 6.65. The van der Waals surface area contributed by atoms with Crippen molar-refractivity contribution in [1.29, 1.82) is 0 Å². The number of nitrogens with zero attached hydrogens (tertiary/aromatic N) is 1. The molecule has 0 rings (SSSR count). The van der Waals surface area contributed by atoms with Gasteiger partial charge in [0.05, 0.1) is 0 Å². The van der Waals surface area contributed by atoms with Crippen molar-refractivity contribution in [2.45, 2.75) is 0 Å². The second-order valence-electron chi connectivity index (χ2n) is 1.17. The van der Waals surface area contributed by atoms with Crippen LogP contribution in [0.15, 0.2) is 4.36 Å². The van der Waals surface area contributed by atoms with Gasteiger partial charge in [-0.25, -0.2) is 10.2 Å². The van der Waals surface area contributed by atoms with Gasteiger partial charge >= 0.3 is 16.5 Å². The standard InChI is InChI=1S/C2H3N3O4S2/c6-1(5-11(8)9)3-4-2(7)10/h(H,3,6)(H2,4,7,10). The highest BCUT2D eigenvalue weighted by atomic mass is 32.2. The first kappa shape index (κ1) is 9.91. The molecule has 11 heavy (non-hydrogen) atoms. The van der Waals surface area contributed by atoms with Crippen LogP contribution in [-0.4, -0.2) is 19.7 Å². The summed E-state index contributed by atoms with van der Waals surface area (Å²) >= 11 is 3.20. The highest BCUT2D eigenvalue weighted by Crippen LogP contribution is 1.73. The fourth-order valence-corrected chi connectivity index (χ4v) is 0.434. The van der Waals surface area contributed by atoms with Gasteiger partial charge in [-0.3, -0.25) is 10.2 Å². The van der Waals surface area contributed by atoms with Gasteiger partial charge in [0, 0.05) is 0 Å². The number of nitrogens with one attached hydrogen (secondary N) is 2. The summed E-state index contributed by atoms with van der Waals surface area (Å²) in [6, 6.07) is -1.19. The number of hydrazine groups is 1. The van der Waals surface area contributed by atoms with Crippen molar-refractivity contribution < 1.29 is 18.0 Å². The summed E-state index contributed by atoms with van der Waals surface area (Å²) in [4.78, 5) is 20.2. The van der Waals surface area contributed by atoms with Gasteiger partial charge in [0.15, 0.2) is 0 Å². The Morgan fingerprint density at radius 2 is 1.82 bits per heavy atom. The molecule has 0 aromatic heterocycles. The Kier molecular flexibility index (Phi) is 4.22. The van der Waals surface area contributed by atoms with Crippen LogP contribution < -0.4 is 10.9 Å². The number of thiol groups is 1. The highest BCUT2D eigenvalue weighted by Gasteiger charge is 1.97. The third-order valence-corrected chi connectivity index (χ3v) is 0.861. The maximum atomic E-state index is 10.2. The Bertz CT molecular complexity index is 284. The zero-order valence-electron chi connectivity index (χ0n) is 4.94. The summed E-state index contributed by atoms with van der Waals surface area (Å²) in [6.45, 7) is 0. The number of amides is 3. The minimum atomic E-state index is -2.82. The number of hydrogen-bond donors (Lipinski definition) is 3. The molecule has 3 amide bonds. The summed E-state index contributed by atoms with van der Waals surface area (Å²) in [5, 5.41) is -0.828. The summed E-state index contributed by atoms with van der Waals surface area (Å²) in [5.41, 5.74) is 3.35. The molecule has 0 saturated carbocycles. The summed E-state index contributed by atoms with van der Waals surface area (Å²) in [5.74, 6) is 0. The van der Waals surface area contributed by atoms with Crippen molar-refractivity contribution in [3.63, 3.8) is 0 Å². The number of urea groups is 1. The highest BCUT2D eigenvalue weighted by molar-refractivity contribution is 7.96. The Morgan fingerprint density at radius 1 is 1.27 bits per heavy atom. The van der Waals surface area contributed by atoms with Crippen LogP contribution in [0.5, 0.6) is 0 Å². The zero-order chi connectivity index (χ0) is 8.85. The predicted molar refractivity (Wildman–Crippen MR) is 37.4 cm³/mol. The average molecular weight is 197 g/mol. The SMILES string of the molecule is O=C(S)NNC(=O)N=S(=O)=O. The van der Waals surface area contributed by atoms with Crippen LogP contribution in [0.1, 0.15) is 0 Å². The minimum absolute atomic E-state index is 0.828. The quantitative estimate of drug-likeness (QED) is 0.353. The molecule has 0 aliphatic carbocycles. The molecule has 0 fully saturated rings. The third-order valence-electron chi connectivity index (χ3n) is 0.434. The van der Waals surface area contributed by atoms with Crippen LogP contribution in [0, 0.1) is 0 Å². The molecule has 0 aromatic rings. The Labute approximate surface area is 68.2 Å². The lowest BCUT2D eigenvalue weighted by molar-refractivity contribution is 0.239. The minimum Gasteiger partial charge on any atom is -0.260 e. The molecule has 0 unspecified atom stereocenters. The number of rotatable bonds is 0. The molecule has 0 atom stereocenters. The monoisotopic (exact) mass is 197 g/mol. The topological polar surface area (TPSA) is 105 Å². The predicted octanol–water partition coefficient (Wildman–Crippen LogP) is -0.687. The van der Waals surface area contributed by atoms with E-state index in [9.17, 15) is 18.0 Å². The second kappa shape index (κ2) is 4.68. The van der Waals surface area contributed by atoms with Crippen LogP contribution in [0.4, 0.5) is 9.59 Å². The van der Waals surface area contributed by atoms with Crippen molar-refractivity contribution in [3.05, 3.63) is 0 Å². The molecule has 0 bridgehead atoms. The number of carbonyl (C=O) groups is 2. The van der Waals surface area contributed by atoms with E-state index in [1.54, 1.807) is 10.9 Å². The third kappa shape index (κ3) is 6.80. The van der Waals surface area contributed by atoms with Crippen molar-refractivity contribution in [2.24, 2.45) is 4.36 Å². The Morgan fingerprint density at radius 3 is 2.18 bits per heavy atom. The first-order chi connectivity index (χ1) is 5.02. The molecule has 0 heterocycles. The van der Waals surface area contributed by atoms with Gasteiger partial charge in [0.2, 0.25) is 0 Å². The summed E-state index contributed by atoms with van der Waals surface area (Å²) in [6.07, 6.45) is 0. The lowest BCUT2D eigenvalue weighted by atomic mass is 11.1. The first-order valence-electron chi connectivity index (χ1n) is 2.12. The molecule has 2 N–H and O–H groups in total. The van der Waals surface area contributed by atoms with E-state index in [2.05, 4.69) is 17.0 Å². The van der Waals surface area contributed by atoms with Gasteiger partial charge in [-0.15, -0.1) is 0 Å². The van der Waals surface area contributed by atoms with Crippen molar-refractivity contribution in [2.75, 3.05) is 0 Å². The molecular formula is C2H3N3O4S2. The van der Waals surface area contributed by atoms with Gasteiger partial charge in [-0.05, 0) is 0 Å². The lowest BCUT2D eigenvalue weighted by Gasteiger charge is -1.96. The van der Waals surface area contributed by atoms with Gasteiger partial charge in [-0.2, -0.15) is 8.42 Å². The van der Waals surface area contributed by atoms with E-state index in [4.69, 9.17) is 0 Å². The molecule has 0 aromatic carbocycles. The largest absolute Gasteiger partial charge is 0.374 e. The maximum Gasteiger partial charge on any atom is 0.374 e. The van der Waals surface area contributed by atoms with Gasteiger partial charge in [0.25, 0.3) is 5.24 Å². The molecule has 0 aliphatic heterocycles. The van der Waals surface area contributed by atoms with E-state index in [1.165, 1.54) is 0 Å². The number of hydrogen-bond acceptors (Lipinski definition) is 4. The van der Waals surface area contributed by atoms with E-state index >= 15 is 0 Å². The van der Waals surface area contributed by atoms with E-state index in [0.29, 0.717) is 0 Å². The number of carbonyl (C=O) groups excluding carboxylic acids is 2. The molecule has 0 saturated heterocycles. The van der Waals surface area contributed by atoms with Crippen LogP contribution in [0.2, 0.25) is 0 Å². The van der Waals surface area contributed by atoms with E-state index in [1.807, 2.05) is 0 Å². The van der Waals surface area contributed by atoms with E-state index < -0.39 is 21.8 Å². The van der Waals surface area contributed by atoms with Crippen molar-refractivity contribution in [3.8, 4) is 0 Å². The fourth-order valence-electron chi connectivity index (χ4n) is 0.197. The molecule has 7 nitrogen and oxygen atoms in total. The average Bonchev–Trinajstić information content (AvgIpc) is 1.82. The van der Waals surface area contributed by atoms with E-state index in [0.717, 1.165) is 0 Å². The van der Waals surface area contributed by atoms with Gasteiger partial charge < -0.3 is 0 Å². The van der Waals surface area contributed by atoms with Crippen LogP contribution in [0.25, 0.3) is 0 Å². The normalized spacial score (nSPS) is 8.09. The maximum absolute atomic E-state index is 10.2. The van der Waals surface area contributed by atoms with Crippen LogP contribution >= 0.6 is 12.6 Å². The lowest BCUT2D eigenvalue weighted by Crippen LogP contribution is -2.36. The Balaban J connectivity index is 3.91. The molecule has 0 aliphatic rings. The summed E-state index contributed by atoms with van der Waals surface area (Å²) < 4.78 is 21.9. The molecule has 9 heteroatoms.